The predicted molar refractivity (Wildman–Crippen MR) is 103 cm³/mol. The van der Waals surface area contributed by atoms with Crippen molar-refractivity contribution in [2.75, 3.05) is 26.2 Å². The molecule has 1 amide bonds. The molecule has 3 rings (SSSR count). The van der Waals surface area contributed by atoms with Crippen LogP contribution in [0.25, 0.3) is 0 Å². The van der Waals surface area contributed by atoms with Crippen LogP contribution in [-0.2, 0) is 6.54 Å². The minimum absolute atomic E-state index is 0.0255. The Kier molecular flexibility index (Phi) is 5.90. The molecule has 0 atom stereocenters. The molecule has 1 aliphatic rings. The van der Waals surface area contributed by atoms with Crippen LogP contribution in [0, 0.1) is 17.0 Å². The van der Waals surface area contributed by atoms with E-state index in [1.807, 2.05) is 24.3 Å². The standard InChI is InChI=1S/C18H20ClN3O3S/c1-13-16(22(24)25)11-17(26-13)18(23)21-8-2-7-20(9-10-21)12-14-3-5-15(19)6-4-14/h3-6,11H,2,7-10,12H2,1H3. The molecule has 0 bridgehead atoms. The van der Waals surface area contributed by atoms with Crippen LogP contribution in [0.1, 0.15) is 26.5 Å². The van der Waals surface area contributed by atoms with Crippen LogP contribution in [0.5, 0.6) is 0 Å². The number of carbonyl (C=O) groups excluding carboxylic acids is 1. The summed E-state index contributed by atoms with van der Waals surface area (Å²) in [4.78, 5) is 28.4. The first-order valence-electron chi connectivity index (χ1n) is 8.45. The van der Waals surface area contributed by atoms with Crippen LogP contribution in [0.2, 0.25) is 5.02 Å². The zero-order valence-corrected chi connectivity index (χ0v) is 16.1. The van der Waals surface area contributed by atoms with Gasteiger partial charge in [-0.3, -0.25) is 19.8 Å². The Morgan fingerprint density at radius 1 is 1.23 bits per heavy atom. The summed E-state index contributed by atoms with van der Waals surface area (Å²) >= 11 is 7.12. The Bertz CT molecular complexity index is 807. The number of thiophene rings is 1. The number of nitro groups is 1. The second kappa shape index (κ2) is 8.16. The SMILES string of the molecule is Cc1sc(C(=O)N2CCCN(Cc3ccc(Cl)cc3)CC2)cc1[N+](=O)[O-]. The summed E-state index contributed by atoms with van der Waals surface area (Å²) in [6, 6.07) is 9.21. The van der Waals surface area contributed by atoms with E-state index in [4.69, 9.17) is 11.6 Å². The van der Waals surface area contributed by atoms with E-state index in [0.29, 0.717) is 22.8 Å². The number of aryl methyl sites for hydroxylation is 1. The number of benzene rings is 1. The third-order valence-electron chi connectivity index (χ3n) is 4.49. The summed E-state index contributed by atoms with van der Waals surface area (Å²) in [6.45, 7) is 5.48. The number of nitrogens with zero attached hydrogens (tertiary/aromatic N) is 3. The molecule has 1 saturated heterocycles. The molecule has 0 unspecified atom stereocenters. The van der Waals surface area contributed by atoms with Gasteiger partial charge >= 0.3 is 0 Å². The molecule has 0 saturated carbocycles. The first kappa shape index (κ1) is 18.8. The Morgan fingerprint density at radius 2 is 1.96 bits per heavy atom. The molecule has 1 aliphatic heterocycles. The van der Waals surface area contributed by atoms with Gasteiger partial charge in [-0.15, -0.1) is 11.3 Å². The number of hydrogen-bond donors (Lipinski definition) is 0. The average Bonchev–Trinajstić information content (AvgIpc) is 2.85. The van der Waals surface area contributed by atoms with E-state index in [9.17, 15) is 14.9 Å². The Hall–Kier alpha value is -1.96. The van der Waals surface area contributed by atoms with E-state index < -0.39 is 4.92 Å². The summed E-state index contributed by atoms with van der Waals surface area (Å²) in [5.41, 5.74) is 1.22. The highest BCUT2D eigenvalue weighted by Crippen LogP contribution is 2.29. The van der Waals surface area contributed by atoms with Gasteiger partial charge in [-0.1, -0.05) is 23.7 Å². The molecule has 0 N–H and O–H groups in total. The topological polar surface area (TPSA) is 66.7 Å². The predicted octanol–water partition coefficient (Wildman–Crippen LogP) is 3.97. The van der Waals surface area contributed by atoms with E-state index in [1.54, 1.807) is 11.8 Å². The zero-order valence-electron chi connectivity index (χ0n) is 14.5. The highest BCUT2D eigenvalue weighted by atomic mass is 35.5. The lowest BCUT2D eigenvalue weighted by atomic mass is 10.2. The largest absolute Gasteiger partial charge is 0.337 e. The van der Waals surface area contributed by atoms with Gasteiger partial charge < -0.3 is 4.90 Å². The molecule has 8 heteroatoms. The number of hydrogen-bond acceptors (Lipinski definition) is 5. The van der Waals surface area contributed by atoms with Crippen molar-refractivity contribution in [2.45, 2.75) is 19.9 Å². The summed E-state index contributed by atoms with van der Waals surface area (Å²) < 4.78 is 0. The van der Waals surface area contributed by atoms with Crippen molar-refractivity contribution in [3.63, 3.8) is 0 Å². The highest BCUT2D eigenvalue weighted by molar-refractivity contribution is 7.14. The summed E-state index contributed by atoms with van der Waals surface area (Å²) in [5, 5.41) is 11.7. The van der Waals surface area contributed by atoms with Crippen LogP contribution in [-0.4, -0.2) is 46.8 Å². The number of carbonyl (C=O) groups is 1. The molecule has 0 spiro atoms. The van der Waals surface area contributed by atoms with Gasteiger partial charge in [0.05, 0.1) is 14.7 Å². The normalized spacial score (nSPS) is 15.7. The fraction of sp³-hybridized carbons (Fsp3) is 0.389. The van der Waals surface area contributed by atoms with Gasteiger partial charge in [0.1, 0.15) is 0 Å². The van der Waals surface area contributed by atoms with Crippen molar-refractivity contribution in [1.29, 1.82) is 0 Å². The van der Waals surface area contributed by atoms with Gasteiger partial charge in [-0.2, -0.15) is 0 Å². The molecular weight excluding hydrogens is 374 g/mol. The monoisotopic (exact) mass is 393 g/mol. The molecule has 6 nitrogen and oxygen atoms in total. The fourth-order valence-electron chi connectivity index (χ4n) is 3.10. The van der Waals surface area contributed by atoms with Gasteiger partial charge in [0.15, 0.2) is 0 Å². The molecule has 26 heavy (non-hydrogen) atoms. The van der Waals surface area contributed by atoms with Gasteiger partial charge in [0.25, 0.3) is 11.6 Å². The molecule has 138 valence electrons. The zero-order chi connectivity index (χ0) is 18.7. The number of rotatable bonds is 4. The maximum absolute atomic E-state index is 12.7. The summed E-state index contributed by atoms with van der Waals surface area (Å²) in [7, 11) is 0. The van der Waals surface area contributed by atoms with E-state index in [2.05, 4.69) is 4.90 Å². The Labute approximate surface area is 161 Å². The maximum atomic E-state index is 12.7. The Morgan fingerprint density at radius 3 is 2.62 bits per heavy atom. The second-order valence-electron chi connectivity index (χ2n) is 6.36. The summed E-state index contributed by atoms with van der Waals surface area (Å²) in [5.74, 6) is -0.112. The lowest BCUT2D eigenvalue weighted by Gasteiger charge is -2.21. The van der Waals surface area contributed by atoms with Crippen molar-refractivity contribution >= 4 is 34.5 Å². The number of amides is 1. The number of halogens is 1. The van der Waals surface area contributed by atoms with E-state index in [-0.39, 0.29) is 11.6 Å². The molecule has 2 heterocycles. The van der Waals surface area contributed by atoms with Gasteiger partial charge in [-0.05, 0) is 31.0 Å². The lowest BCUT2D eigenvalue weighted by Crippen LogP contribution is -2.34. The smallest absolute Gasteiger partial charge is 0.283 e. The second-order valence-corrected chi connectivity index (χ2v) is 8.05. The minimum Gasteiger partial charge on any atom is -0.337 e. The molecule has 0 radical (unpaired) electrons. The molecule has 1 aromatic carbocycles. The molecule has 0 aliphatic carbocycles. The molecule has 2 aromatic rings. The van der Waals surface area contributed by atoms with Crippen LogP contribution < -0.4 is 0 Å². The molecule has 1 fully saturated rings. The van der Waals surface area contributed by atoms with Crippen molar-refractivity contribution in [2.24, 2.45) is 0 Å². The van der Waals surface area contributed by atoms with Crippen LogP contribution in [0.15, 0.2) is 30.3 Å². The van der Waals surface area contributed by atoms with Crippen molar-refractivity contribution in [3.05, 3.63) is 60.8 Å². The van der Waals surface area contributed by atoms with Crippen molar-refractivity contribution in [3.8, 4) is 0 Å². The summed E-state index contributed by atoms with van der Waals surface area (Å²) in [6.07, 6.45) is 0.881. The highest BCUT2D eigenvalue weighted by Gasteiger charge is 2.25. The van der Waals surface area contributed by atoms with Crippen molar-refractivity contribution < 1.29 is 9.72 Å². The fourth-order valence-corrected chi connectivity index (χ4v) is 4.18. The maximum Gasteiger partial charge on any atom is 0.283 e. The van der Waals surface area contributed by atoms with Crippen LogP contribution in [0.4, 0.5) is 5.69 Å². The first-order valence-corrected chi connectivity index (χ1v) is 9.64. The van der Waals surface area contributed by atoms with E-state index in [1.165, 1.54) is 23.0 Å². The Balaban J connectivity index is 1.62. The first-order chi connectivity index (χ1) is 12.4. The van der Waals surface area contributed by atoms with Gasteiger partial charge in [0, 0.05) is 43.8 Å². The van der Waals surface area contributed by atoms with Crippen LogP contribution >= 0.6 is 22.9 Å². The average molecular weight is 394 g/mol. The quantitative estimate of drug-likeness (QED) is 0.582. The molecule has 1 aromatic heterocycles. The minimum atomic E-state index is -0.432. The molecular formula is C18H20ClN3O3S. The third kappa shape index (κ3) is 4.41. The third-order valence-corrected chi connectivity index (χ3v) is 5.77. The lowest BCUT2D eigenvalue weighted by molar-refractivity contribution is -0.385. The van der Waals surface area contributed by atoms with Gasteiger partial charge in [-0.25, -0.2) is 0 Å². The van der Waals surface area contributed by atoms with Crippen LogP contribution in [0.3, 0.4) is 0 Å². The van der Waals surface area contributed by atoms with E-state index in [0.717, 1.165) is 31.1 Å². The van der Waals surface area contributed by atoms with Gasteiger partial charge in [0.2, 0.25) is 0 Å². The van der Waals surface area contributed by atoms with E-state index >= 15 is 0 Å². The van der Waals surface area contributed by atoms with Crippen molar-refractivity contribution in [1.82, 2.24) is 9.80 Å².